The predicted octanol–water partition coefficient (Wildman–Crippen LogP) is 5.30. The van der Waals surface area contributed by atoms with Crippen molar-refractivity contribution < 1.29 is 18.3 Å². The molecule has 0 bridgehead atoms. The van der Waals surface area contributed by atoms with Gasteiger partial charge in [0.25, 0.3) is 0 Å². The van der Waals surface area contributed by atoms with E-state index in [1.165, 1.54) is 0 Å². The number of hydrogen-bond acceptors (Lipinski definition) is 5. The van der Waals surface area contributed by atoms with Crippen LogP contribution in [-0.4, -0.2) is 26.4 Å². The zero-order valence-corrected chi connectivity index (χ0v) is 18.8. The number of halogens is 4. The fourth-order valence-corrected chi connectivity index (χ4v) is 4.04. The largest absolute Gasteiger partial charge is 0.484 e. The maximum Gasteiger partial charge on any atom is 0.234 e. The molecule has 2 aromatic carbocycles. The number of thioether (sulfide) groups is 1. The van der Waals surface area contributed by atoms with E-state index in [4.69, 9.17) is 16.3 Å². The Morgan fingerprint density at radius 1 is 1.30 bits per heavy atom. The number of carbonyl (C=O) groups excluding carboxylic acids is 1. The zero-order chi connectivity index (χ0) is 21.7. The Hall–Kier alpha value is -2.17. The third-order valence-electron chi connectivity index (χ3n) is 3.91. The lowest BCUT2D eigenvalue weighted by molar-refractivity contribution is -0.113. The third-order valence-corrected chi connectivity index (χ3v) is 5.81. The van der Waals surface area contributed by atoms with Crippen LogP contribution in [0.3, 0.4) is 0 Å². The van der Waals surface area contributed by atoms with Crippen LogP contribution in [-0.2, 0) is 17.9 Å². The number of nitrogens with zero attached hydrogens (tertiary/aromatic N) is 3. The zero-order valence-electron chi connectivity index (χ0n) is 15.7. The van der Waals surface area contributed by atoms with E-state index in [-0.39, 0.29) is 22.5 Å². The summed E-state index contributed by atoms with van der Waals surface area (Å²) in [5, 5.41) is 11.6. The van der Waals surface area contributed by atoms with E-state index in [0.29, 0.717) is 34.4 Å². The van der Waals surface area contributed by atoms with Crippen LogP contribution in [0.2, 0.25) is 5.02 Å². The first-order chi connectivity index (χ1) is 14.4. The van der Waals surface area contributed by atoms with Gasteiger partial charge in [0.2, 0.25) is 5.91 Å². The van der Waals surface area contributed by atoms with Crippen LogP contribution in [0.1, 0.15) is 12.7 Å². The van der Waals surface area contributed by atoms with E-state index in [0.717, 1.165) is 17.8 Å². The Kier molecular flexibility index (Phi) is 7.68. The molecule has 3 rings (SSSR count). The molecule has 1 amide bonds. The second-order valence-corrected chi connectivity index (χ2v) is 8.15. The molecule has 1 heterocycles. The van der Waals surface area contributed by atoms with Crippen LogP contribution in [0.15, 0.2) is 46.0 Å². The molecule has 3 aromatic rings. The van der Waals surface area contributed by atoms with Gasteiger partial charge in [-0.2, -0.15) is 0 Å². The van der Waals surface area contributed by atoms with Gasteiger partial charge in [0.15, 0.2) is 16.8 Å². The minimum absolute atomic E-state index is 0.0350. The lowest BCUT2D eigenvalue weighted by Crippen LogP contribution is -2.16. The van der Waals surface area contributed by atoms with Gasteiger partial charge in [0.1, 0.15) is 18.2 Å². The Morgan fingerprint density at radius 2 is 2.07 bits per heavy atom. The van der Waals surface area contributed by atoms with Crippen molar-refractivity contribution in [2.75, 3.05) is 11.1 Å². The molecule has 0 radical (unpaired) electrons. The Balaban J connectivity index is 1.62. The Morgan fingerprint density at radius 3 is 2.77 bits per heavy atom. The second-order valence-electron chi connectivity index (χ2n) is 5.94. The van der Waals surface area contributed by atoms with E-state index in [9.17, 15) is 13.6 Å². The SMILES string of the molecule is CCn1c(COc2ccccc2Cl)nnc1SCC(=O)Nc1c(F)cc(F)cc1Br. The molecule has 0 aliphatic rings. The summed E-state index contributed by atoms with van der Waals surface area (Å²) in [6.45, 7) is 2.64. The van der Waals surface area contributed by atoms with Crippen molar-refractivity contribution in [1.29, 1.82) is 0 Å². The van der Waals surface area contributed by atoms with Crippen LogP contribution in [0.4, 0.5) is 14.5 Å². The van der Waals surface area contributed by atoms with Gasteiger partial charge in [-0.1, -0.05) is 35.5 Å². The number of aromatic nitrogens is 3. The molecule has 0 saturated carbocycles. The first kappa shape index (κ1) is 22.5. The fourth-order valence-electron chi connectivity index (χ4n) is 2.52. The summed E-state index contributed by atoms with van der Waals surface area (Å²) in [4.78, 5) is 12.2. The molecule has 0 aliphatic carbocycles. The number of para-hydroxylation sites is 1. The number of amides is 1. The molecule has 30 heavy (non-hydrogen) atoms. The molecule has 0 spiro atoms. The fraction of sp³-hybridized carbons (Fsp3) is 0.211. The summed E-state index contributed by atoms with van der Waals surface area (Å²) >= 11 is 10.3. The monoisotopic (exact) mass is 516 g/mol. The van der Waals surface area contributed by atoms with Crippen LogP contribution in [0.5, 0.6) is 5.75 Å². The number of nitrogens with one attached hydrogen (secondary N) is 1. The molecular weight excluding hydrogens is 502 g/mol. The van der Waals surface area contributed by atoms with Crippen molar-refractivity contribution in [1.82, 2.24) is 14.8 Å². The highest BCUT2D eigenvalue weighted by Gasteiger charge is 2.16. The van der Waals surface area contributed by atoms with Crippen LogP contribution >= 0.6 is 39.3 Å². The van der Waals surface area contributed by atoms with E-state index in [1.54, 1.807) is 18.2 Å². The highest BCUT2D eigenvalue weighted by atomic mass is 79.9. The Labute approximate surface area is 189 Å². The smallest absolute Gasteiger partial charge is 0.234 e. The van der Waals surface area contributed by atoms with Gasteiger partial charge in [-0.15, -0.1) is 10.2 Å². The summed E-state index contributed by atoms with van der Waals surface area (Å²) in [7, 11) is 0. The van der Waals surface area contributed by atoms with Gasteiger partial charge < -0.3 is 14.6 Å². The van der Waals surface area contributed by atoms with Gasteiger partial charge in [0, 0.05) is 17.1 Å². The highest BCUT2D eigenvalue weighted by Crippen LogP contribution is 2.28. The molecule has 0 aliphatic heterocycles. The maximum absolute atomic E-state index is 13.9. The topological polar surface area (TPSA) is 69.0 Å². The van der Waals surface area contributed by atoms with Crippen LogP contribution < -0.4 is 10.1 Å². The lowest BCUT2D eigenvalue weighted by atomic mass is 10.3. The minimum atomic E-state index is -0.865. The molecule has 0 saturated heterocycles. The van der Waals surface area contributed by atoms with Gasteiger partial charge >= 0.3 is 0 Å². The highest BCUT2D eigenvalue weighted by molar-refractivity contribution is 9.10. The van der Waals surface area contributed by atoms with Crippen LogP contribution in [0, 0.1) is 11.6 Å². The van der Waals surface area contributed by atoms with E-state index < -0.39 is 17.5 Å². The summed E-state index contributed by atoms with van der Waals surface area (Å²) in [6, 6.07) is 8.87. The average Bonchev–Trinajstić information content (AvgIpc) is 3.10. The van der Waals surface area contributed by atoms with Crippen molar-refractivity contribution in [3.8, 4) is 5.75 Å². The van der Waals surface area contributed by atoms with E-state index >= 15 is 0 Å². The summed E-state index contributed by atoms with van der Waals surface area (Å²) in [6.07, 6.45) is 0. The quantitative estimate of drug-likeness (QED) is 0.411. The molecule has 1 N–H and O–H groups in total. The first-order valence-electron chi connectivity index (χ1n) is 8.75. The molecule has 6 nitrogen and oxygen atoms in total. The molecule has 0 fully saturated rings. The molecular formula is C19H16BrClF2N4O2S. The van der Waals surface area contributed by atoms with Gasteiger partial charge in [-0.05, 0) is 41.1 Å². The van der Waals surface area contributed by atoms with Crippen LogP contribution in [0.25, 0.3) is 0 Å². The van der Waals surface area contributed by atoms with Crippen molar-refractivity contribution in [3.05, 3.63) is 63.4 Å². The predicted molar refractivity (Wildman–Crippen MR) is 115 cm³/mol. The molecule has 158 valence electrons. The minimum Gasteiger partial charge on any atom is -0.484 e. The number of hydrogen-bond donors (Lipinski definition) is 1. The number of ether oxygens (including phenoxy) is 1. The van der Waals surface area contributed by atoms with Crippen molar-refractivity contribution in [2.45, 2.75) is 25.2 Å². The Bertz CT molecular complexity index is 1040. The molecule has 0 atom stereocenters. The normalized spacial score (nSPS) is 10.8. The summed E-state index contributed by atoms with van der Waals surface area (Å²) < 4.78 is 34.7. The van der Waals surface area contributed by atoms with Gasteiger partial charge in [0.05, 0.1) is 16.5 Å². The van der Waals surface area contributed by atoms with E-state index in [1.807, 2.05) is 17.6 Å². The first-order valence-corrected chi connectivity index (χ1v) is 10.9. The standard InChI is InChI=1S/C19H16BrClF2N4O2S/c1-2-27-16(9-29-15-6-4-3-5-13(15)21)25-26-19(27)30-10-17(28)24-18-12(20)7-11(22)8-14(18)23/h3-8H,2,9-10H2,1H3,(H,24,28). The lowest BCUT2D eigenvalue weighted by Gasteiger charge is -2.10. The van der Waals surface area contributed by atoms with E-state index in [2.05, 4.69) is 31.4 Å². The van der Waals surface area contributed by atoms with Crippen molar-refractivity contribution in [2.24, 2.45) is 0 Å². The van der Waals surface area contributed by atoms with Crippen molar-refractivity contribution >= 4 is 50.9 Å². The second kappa shape index (κ2) is 10.2. The molecule has 0 unspecified atom stereocenters. The number of benzene rings is 2. The van der Waals surface area contributed by atoms with Crippen molar-refractivity contribution in [3.63, 3.8) is 0 Å². The van der Waals surface area contributed by atoms with Gasteiger partial charge in [-0.3, -0.25) is 4.79 Å². The molecule has 1 aromatic heterocycles. The van der Waals surface area contributed by atoms with Gasteiger partial charge in [-0.25, -0.2) is 8.78 Å². The summed E-state index contributed by atoms with van der Waals surface area (Å²) in [5.74, 6) is -0.999. The third kappa shape index (κ3) is 5.50. The number of rotatable bonds is 8. The molecule has 11 heteroatoms. The number of carbonyl (C=O) groups is 1. The summed E-state index contributed by atoms with van der Waals surface area (Å²) in [5.41, 5.74) is -0.118. The maximum atomic E-state index is 13.9. The number of anilines is 1. The average molecular weight is 518 g/mol.